The number of benzene rings is 1. The molecule has 0 saturated heterocycles. The van der Waals surface area contributed by atoms with E-state index in [1.807, 2.05) is 31.2 Å². The Bertz CT molecular complexity index is 696. The molecule has 0 spiro atoms. The fourth-order valence-corrected chi connectivity index (χ4v) is 2.85. The summed E-state index contributed by atoms with van der Waals surface area (Å²) in [5.41, 5.74) is 2.11. The molecule has 1 aromatic carbocycles. The van der Waals surface area contributed by atoms with Gasteiger partial charge in [0.2, 0.25) is 0 Å². The number of nitrogens with one attached hydrogen (secondary N) is 1. The second-order valence-electron chi connectivity index (χ2n) is 6.66. The van der Waals surface area contributed by atoms with Gasteiger partial charge in [-0.15, -0.1) is 0 Å². The van der Waals surface area contributed by atoms with Gasteiger partial charge in [-0.25, -0.2) is 4.39 Å². The van der Waals surface area contributed by atoms with Gasteiger partial charge >= 0.3 is 0 Å². The molecule has 0 fully saturated rings. The van der Waals surface area contributed by atoms with Gasteiger partial charge < -0.3 is 5.32 Å². The summed E-state index contributed by atoms with van der Waals surface area (Å²) < 4.78 is 14.3. The average molecular weight is 344 g/mol. The molecule has 2 rings (SSSR count). The van der Waals surface area contributed by atoms with Gasteiger partial charge in [0.15, 0.2) is 0 Å². The van der Waals surface area contributed by atoms with Gasteiger partial charge in [0.25, 0.3) is 0 Å². The Morgan fingerprint density at radius 2 is 1.96 bits per heavy atom. The van der Waals surface area contributed by atoms with Crippen LogP contribution in [0.2, 0.25) is 0 Å². The molecule has 0 aliphatic rings. The van der Waals surface area contributed by atoms with Crippen LogP contribution in [0.5, 0.6) is 0 Å². The largest absolute Gasteiger partial charge is 0.359 e. The molecule has 0 atom stereocenters. The SMILES string of the molecule is CCC(C)(C)C/C=C(\C)Nc1ccc(Sc2ccncc2)c(F)c1. The van der Waals surface area contributed by atoms with Gasteiger partial charge in [-0.05, 0) is 49.1 Å². The number of aromatic nitrogens is 1. The quantitative estimate of drug-likeness (QED) is 0.619. The van der Waals surface area contributed by atoms with Crippen LogP contribution in [0.25, 0.3) is 0 Å². The summed E-state index contributed by atoms with van der Waals surface area (Å²) >= 11 is 1.40. The van der Waals surface area contributed by atoms with Gasteiger partial charge in [-0.3, -0.25) is 4.98 Å². The summed E-state index contributed by atoms with van der Waals surface area (Å²) in [6, 6.07) is 9.02. The molecule has 1 aromatic heterocycles. The lowest BCUT2D eigenvalue weighted by atomic mass is 9.86. The summed E-state index contributed by atoms with van der Waals surface area (Å²) in [5.74, 6) is -0.219. The maximum Gasteiger partial charge on any atom is 0.139 e. The third-order valence-corrected chi connectivity index (χ3v) is 5.13. The second-order valence-corrected chi connectivity index (χ2v) is 7.78. The van der Waals surface area contributed by atoms with E-state index in [0.29, 0.717) is 10.3 Å². The van der Waals surface area contributed by atoms with E-state index in [1.54, 1.807) is 18.5 Å². The predicted octanol–water partition coefficient (Wildman–Crippen LogP) is 6.51. The number of nitrogens with zero attached hydrogens (tertiary/aromatic N) is 1. The Balaban J connectivity index is 2.03. The lowest BCUT2D eigenvalue weighted by Crippen LogP contribution is -2.08. The van der Waals surface area contributed by atoms with Crippen LogP contribution >= 0.6 is 11.8 Å². The monoisotopic (exact) mass is 344 g/mol. The Hall–Kier alpha value is -1.81. The van der Waals surface area contributed by atoms with E-state index in [1.165, 1.54) is 11.8 Å². The third-order valence-electron chi connectivity index (χ3n) is 4.07. The number of rotatable bonds is 7. The Morgan fingerprint density at radius 1 is 1.25 bits per heavy atom. The highest BCUT2D eigenvalue weighted by atomic mass is 32.2. The standard InChI is InChI=1S/C20H25FN2S/c1-5-20(3,4)11-8-15(2)23-16-6-7-19(18(21)14-16)24-17-9-12-22-13-10-17/h6-10,12-14,23H,5,11H2,1-4H3/b15-8+. The maximum absolute atomic E-state index is 14.3. The smallest absolute Gasteiger partial charge is 0.139 e. The van der Waals surface area contributed by atoms with Crippen molar-refractivity contribution in [2.45, 2.75) is 50.3 Å². The fourth-order valence-electron chi connectivity index (χ4n) is 2.05. The van der Waals surface area contributed by atoms with Crippen LogP contribution < -0.4 is 5.32 Å². The number of hydrogen-bond acceptors (Lipinski definition) is 3. The van der Waals surface area contributed by atoms with Gasteiger partial charge in [0.05, 0.1) is 0 Å². The van der Waals surface area contributed by atoms with E-state index in [4.69, 9.17) is 0 Å². The molecule has 0 saturated carbocycles. The summed E-state index contributed by atoms with van der Waals surface area (Å²) in [5, 5.41) is 3.27. The van der Waals surface area contributed by atoms with Crippen LogP contribution in [-0.2, 0) is 0 Å². The van der Waals surface area contributed by atoms with Crippen molar-refractivity contribution >= 4 is 17.4 Å². The first-order valence-electron chi connectivity index (χ1n) is 8.21. The molecule has 0 radical (unpaired) electrons. The summed E-state index contributed by atoms with van der Waals surface area (Å²) in [7, 11) is 0. The van der Waals surface area contributed by atoms with Crippen LogP contribution in [0.3, 0.4) is 0 Å². The van der Waals surface area contributed by atoms with Crippen LogP contribution in [-0.4, -0.2) is 4.98 Å². The average Bonchev–Trinajstić information content (AvgIpc) is 2.57. The number of hydrogen-bond donors (Lipinski definition) is 1. The van der Waals surface area contributed by atoms with Crippen LogP contribution in [0.15, 0.2) is 64.3 Å². The highest BCUT2D eigenvalue weighted by molar-refractivity contribution is 7.99. The van der Waals surface area contributed by atoms with Crippen molar-refractivity contribution < 1.29 is 4.39 Å². The number of halogens is 1. The number of pyridine rings is 1. The second kappa shape index (κ2) is 8.34. The Morgan fingerprint density at radius 3 is 2.58 bits per heavy atom. The number of anilines is 1. The molecule has 0 unspecified atom stereocenters. The van der Waals surface area contributed by atoms with Gasteiger partial charge in [0, 0.05) is 33.6 Å². The Kier molecular flexibility index (Phi) is 6.44. The number of allylic oxidation sites excluding steroid dienone is 2. The molecular weight excluding hydrogens is 319 g/mol. The van der Waals surface area contributed by atoms with Crippen LogP contribution in [0.1, 0.15) is 40.5 Å². The van der Waals surface area contributed by atoms with E-state index in [-0.39, 0.29) is 5.82 Å². The van der Waals surface area contributed by atoms with Crippen molar-refractivity contribution in [1.29, 1.82) is 0 Å². The molecule has 1 N–H and O–H groups in total. The zero-order chi connectivity index (χ0) is 17.6. The first kappa shape index (κ1) is 18.5. The van der Waals surface area contributed by atoms with E-state index >= 15 is 0 Å². The topological polar surface area (TPSA) is 24.9 Å². The molecule has 0 aliphatic carbocycles. The molecule has 128 valence electrons. The molecule has 0 bridgehead atoms. The molecule has 2 aromatic rings. The van der Waals surface area contributed by atoms with Crippen molar-refractivity contribution in [3.05, 3.63) is 60.3 Å². The molecule has 24 heavy (non-hydrogen) atoms. The summed E-state index contributed by atoms with van der Waals surface area (Å²) in [6.45, 7) is 8.72. The molecule has 2 nitrogen and oxygen atoms in total. The normalized spacial score (nSPS) is 12.3. The fraction of sp³-hybridized carbons (Fsp3) is 0.350. The van der Waals surface area contributed by atoms with Crippen molar-refractivity contribution in [3.8, 4) is 0 Å². The van der Waals surface area contributed by atoms with E-state index in [0.717, 1.165) is 29.1 Å². The minimum Gasteiger partial charge on any atom is -0.359 e. The lowest BCUT2D eigenvalue weighted by molar-refractivity contribution is 0.356. The molecular formula is C20H25FN2S. The van der Waals surface area contributed by atoms with Gasteiger partial charge in [-0.1, -0.05) is 45.0 Å². The third kappa shape index (κ3) is 5.68. The van der Waals surface area contributed by atoms with Crippen molar-refractivity contribution in [1.82, 2.24) is 4.98 Å². The first-order chi connectivity index (χ1) is 11.4. The molecule has 4 heteroatoms. The van der Waals surface area contributed by atoms with E-state index in [9.17, 15) is 4.39 Å². The highest BCUT2D eigenvalue weighted by Crippen LogP contribution is 2.31. The summed E-state index contributed by atoms with van der Waals surface area (Å²) in [4.78, 5) is 5.56. The molecule has 0 amide bonds. The van der Waals surface area contributed by atoms with Crippen molar-refractivity contribution in [2.75, 3.05) is 5.32 Å². The first-order valence-corrected chi connectivity index (χ1v) is 9.02. The van der Waals surface area contributed by atoms with E-state index < -0.39 is 0 Å². The highest BCUT2D eigenvalue weighted by Gasteiger charge is 2.13. The zero-order valence-electron chi connectivity index (χ0n) is 14.8. The van der Waals surface area contributed by atoms with Crippen LogP contribution in [0, 0.1) is 11.2 Å². The van der Waals surface area contributed by atoms with Crippen molar-refractivity contribution in [3.63, 3.8) is 0 Å². The summed E-state index contributed by atoms with van der Waals surface area (Å²) in [6.07, 6.45) is 7.73. The molecule has 1 heterocycles. The maximum atomic E-state index is 14.3. The Labute approximate surface area is 148 Å². The zero-order valence-corrected chi connectivity index (χ0v) is 15.6. The lowest BCUT2D eigenvalue weighted by Gasteiger charge is -2.20. The molecule has 0 aliphatic heterocycles. The van der Waals surface area contributed by atoms with Crippen molar-refractivity contribution in [2.24, 2.45) is 5.41 Å². The van der Waals surface area contributed by atoms with Crippen LogP contribution in [0.4, 0.5) is 10.1 Å². The predicted molar refractivity (Wildman–Crippen MR) is 101 cm³/mol. The van der Waals surface area contributed by atoms with E-state index in [2.05, 4.69) is 37.1 Å². The minimum atomic E-state index is -0.219. The van der Waals surface area contributed by atoms with Gasteiger partial charge in [0.1, 0.15) is 5.82 Å². The van der Waals surface area contributed by atoms with Gasteiger partial charge in [-0.2, -0.15) is 0 Å². The minimum absolute atomic E-state index is 0.219.